The molecule has 0 spiro atoms. The summed E-state index contributed by atoms with van der Waals surface area (Å²) in [5.74, 6) is 0.595. The van der Waals surface area contributed by atoms with Crippen molar-refractivity contribution < 1.29 is 19.1 Å². The minimum absolute atomic E-state index is 0.0642. The topological polar surface area (TPSA) is 62.9 Å². The van der Waals surface area contributed by atoms with Crippen LogP contribution in [0.25, 0.3) is 0 Å². The number of hydrogen-bond donors (Lipinski definition) is 1. The van der Waals surface area contributed by atoms with Gasteiger partial charge in [-0.05, 0) is 43.0 Å². The van der Waals surface area contributed by atoms with E-state index < -0.39 is 6.10 Å². The lowest BCUT2D eigenvalue weighted by Gasteiger charge is -2.36. The van der Waals surface area contributed by atoms with Crippen molar-refractivity contribution in [2.24, 2.45) is 0 Å². The number of thiophene rings is 1. The lowest BCUT2D eigenvalue weighted by Crippen LogP contribution is -2.49. The number of aliphatic hydroxyl groups excluding tert-OH is 1. The van der Waals surface area contributed by atoms with Gasteiger partial charge in [-0.15, -0.1) is 11.3 Å². The summed E-state index contributed by atoms with van der Waals surface area (Å²) < 4.78 is 10.8. The molecule has 1 saturated heterocycles. The first kappa shape index (κ1) is 15.9. The number of morpholine rings is 1. The number of fused-ring (bicyclic) bond motifs is 1. The number of ether oxygens (including phenoxy) is 1. The molecule has 1 amide bonds. The fourth-order valence-electron chi connectivity index (χ4n) is 3.55. The molecule has 2 aliphatic rings. The number of aryl methyl sites for hydroxylation is 2. The average Bonchev–Trinajstić information content (AvgIpc) is 3.31. The number of carbonyl (C=O) groups excluding carboxylic acids is 1. The fourth-order valence-corrected chi connectivity index (χ4v) is 4.76. The van der Waals surface area contributed by atoms with E-state index in [1.165, 1.54) is 16.9 Å². The second-order valence-corrected chi connectivity index (χ2v) is 7.54. The first-order chi connectivity index (χ1) is 11.7. The van der Waals surface area contributed by atoms with E-state index in [-0.39, 0.29) is 11.9 Å². The molecule has 0 radical (unpaired) electrons. The zero-order valence-electron chi connectivity index (χ0n) is 13.4. The maximum absolute atomic E-state index is 13.0. The summed E-state index contributed by atoms with van der Waals surface area (Å²) in [6, 6.07) is 5.43. The van der Waals surface area contributed by atoms with Gasteiger partial charge in [-0.3, -0.25) is 4.79 Å². The second kappa shape index (κ2) is 6.70. The van der Waals surface area contributed by atoms with Crippen LogP contribution in [-0.4, -0.2) is 41.7 Å². The number of furan rings is 1. The number of hydrogen-bond acceptors (Lipinski definition) is 5. The van der Waals surface area contributed by atoms with Gasteiger partial charge in [0.15, 0.2) is 0 Å². The third-order valence-electron chi connectivity index (χ3n) is 4.81. The number of rotatable bonds is 4. The summed E-state index contributed by atoms with van der Waals surface area (Å²) >= 11 is 1.63. The Hall–Kier alpha value is -1.63. The van der Waals surface area contributed by atoms with Crippen LogP contribution in [0, 0.1) is 0 Å². The Morgan fingerprint density at radius 3 is 3.17 bits per heavy atom. The van der Waals surface area contributed by atoms with Crippen LogP contribution < -0.4 is 0 Å². The van der Waals surface area contributed by atoms with Crippen LogP contribution in [0.4, 0.5) is 0 Å². The number of amides is 1. The van der Waals surface area contributed by atoms with Crippen LogP contribution in [0.3, 0.4) is 0 Å². The van der Waals surface area contributed by atoms with Crippen molar-refractivity contribution in [3.05, 3.63) is 45.5 Å². The van der Waals surface area contributed by atoms with Crippen molar-refractivity contribution in [1.29, 1.82) is 0 Å². The molecule has 5 nitrogen and oxygen atoms in total. The Morgan fingerprint density at radius 2 is 2.38 bits per heavy atom. The van der Waals surface area contributed by atoms with Crippen molar-refractivity contribution in [2.45, 2.75) is 37.8 Å². The third kappa shape index (κ3) is 3.01. The molecule has 1 fully saturated rings. The van der Waals surface area contributed by atoms with Gasteiger partial charge in [-0.25, -0.2) is 0 Å². The first-order valence-electron chi connectivity index (χ1n) is 8.44. The highest BCUT2D eigenvalue weighted by Gasteiger charge is 2.32. The Morgan fingerprint density at radius 1 is 1.46 bits per heavy atom. The first-order valence-corrected chi connectivity index (χ1v) is 9.26. The van der Waals surface area contributed by atoms with Gasteiger partial charge in [-0.1, -0.05) is 0 Å². The van der Waals surface area contributed by atoms with Gasteiger partial charge < -0.3 is 19.2 Å². The molecular formula is C18H21NO4S. The zero-order chi connectivity index (χ0) is 16.5. The number of carbonyl (C=O) groups is 1. The largest absolute Gasteiger partial charge is 0.467 e. The smallest absolute Gasteiger partial charge is 0.264 e. The minimum Gasteiger partial charge on any atom is -0.467 e. The van der Waals surface area contributed by atoms with E-state index in [0.29, 0.717) is 31.9 Å². The molecule has 3 heterocycles. The molecule has 1 aliphatic heterocycles. The second-order valence-electron chi connectivity index (χ2n) is 6.41. The lowest BCUT2D eigenvalue weighted by molar-refractivity contribution is -0.0193. The van der Waals surface area contributed by atoms with Crippen LogP contribution >= 0.6 is 11.3 Å². The van der Waals surface area contributed by atoms with Gasteiger partial charge >= 0.3 is 0 Å². The van der Waals surface area contributed by atoms with Crippen LogP contribution in [0.15, 0.2) is 28.9 Å². The summed E-state index contributed by atoms with van der Waals surface area (Å²) in [7, 11) is 0. The third-order valence-corrected chi connectivity index (χ3v) is 6.04. The van der Waals surface area contributed by atoms with Crippen LogP contribution in [-0.2, 0) is 17.6 Å². The maximum atomic E-state index is 13.0. The quantitative estimate of drug-likeness (QED) is 0.924. The highest BCUT2D eigenvalue weighted by Crippen LogP contribution is 2.32. The highest BCUT2D eigenvalue weighted by atomic mass is 32.1. The van der Waals surface area contributed by atoms with E-state index in [4.69, 9.17) is 9.15 Å². The molecule has 4 rings (SSSR count). The molecule has 0 bridgehead atoms. The number of nitrogens with zero attached hydrogens (tertiary/aromatic N) is 1. The Kier molecular flexibility index (Phi) is 4.43. The predicted octanol–water partition coefficient (Wildman–Crippen LogP) is 2.79. The molecule has 24 heavy (non-hydrogen) atoms. The van der Waals surface area contributed by atoms with Gasteiger partial charge in [0.1, 0.15) is 11.9 Å². The summed E-state index contributed by atoms with van der Waals surface area (Å²) in [5.41, 5.74) is 1.34. The van der Waals surface area contributed by atoms with Crippen molar-refractivity contribution >= 4 is 17.2 Å². The Bertz CT molecular complexity index is 687. The van der Waals surface area contributed by atoms with Crippen LogP contribution in [0.5, 0.6) is 0 Å². The van der Waals surface area contributed by atoms with Crippen molar-refractivity contribution in [2.75, 3.05) is 19.8 Å². The SMILES string of the molecule is O=C(c1cc2c(s1)CCC2)N1CCOC[C@@H]1C[C@H](O)c1ccco1. The van der Waals surface area contributed by atoms with E-state index >= 15 is 0 Å². The molecule has 1 N–H and O–H groups in total. The van der Waals surface area contributed by atoms with Gasteiger partial charge in [-0.2, -0.15) is 0 Å². The van der Waals surface area contributed by atoms with Crippen LogP contribution in [0.1, 0.15) is 44.8 Å². The average molecular weight is 347 g/mol. The summed E-state index contributed by atoms with van der Waals surface area (Å²) in [6.07, 6.45) is 4.62. The zero-order valence-corrected chi connectivity index (χ0v) is 14.3. The normalized spacial score (nSPS) is 21.7. The van der Waals surface area contributed by atoms with Gasteiger partial charge in [0, 0.05) is 17.8 Å². The standard InChI is InChI=1S/C18H21NO4S/c20-14(15-4-2-7-23-15)10-13-11-22-8-6-19(13)18(21)17-9-12-3-1-5-16(12)24-17/h2,4,7,9,13-14,20H,1,3,5-6,8,10-11H2/t13-,14-/m0/s1. The predicted molar refractivity (Wildman–Crippen MR) is 90.3 cm³/mol. The molecule has 1 aliphatic carbocycles. The summed E-state index contributed by atoms with van der Waals surface area (Å²) in [6.45, 7) is 1.57. The van der Waals surface area contributed by atoms with Crippen molar-refractivity contribution in [1.82, 2.24) is 4.90 Å². The van der Waals surface area contributed by atoms with Crippen LogP contribution in [0.2, 0.25) is 0 Å². The van der Waals surface area contributed by atoms with Crippen molar-refractivity contribution in [3.63, 3.8) is 0 Å². The van der Waals surface area contributed by atoms with Gasteiger partial charge in [0.2, 0.25) is 0 Å². The number of aliphatic hydroxyl groups is 1. The van der Waals surface area contributed by atoms with E-state index in [0.717, 1.165) is 17.7 Å². The molecular weight excluding hydrogens is 326 g/mol. The molecule has 0 unspecified atom stereocenters. The van der Waals surface area contributed by atoms with E-state index in [1.54, 1.807) is 29.7 Å². The molecule has 6 heteroatoms. The van der Waals surface area contributed by atoms with Gasteiger partial charge in [0.05, 0.1) is 30.4 Å². The molecule has 0 saturated carbocycles. The van der Waals surface area contributed by atoms with Crippen molar-refractivity contribution in [3.8, 4) is 0 Å². The Balaban J connectivity index is 1.49. The molecule has 2 atom stereocenters. The lowest BCUT2D eigenvalue weighted by atomic mass is 10.0. The Labute approximate surface area is 144 Å². The molecule has 2 aromatic rings. The highest BCUT2D eigenvalue weighted by molar-refractivity contribution is 7.14. The summed E-state index contributed by atoms with van der Waals surface area (Å²) in [4.78, 5) is 17.0. The molecule has 0 aromatic carbocycles. The summed E-state index contributed by atoms with van der Waals surface area (Å²) in [5, 5.41) is 10.3. The minimum atomic E-state index is -0.727. The monoisotopic (exact) mass is 347 g/mol. The van der Waals surface area contributed by atoms with E-state index in [1.807, 2.05) is 4.90 Å². The van der Waals surface area contributed by atoms with E-state index in [2.05, 4.69) is 6.07 Å². The maximum Gasteiger partial charge on any atom is 0.264 e. The molecule has 2 aromatic heterocycles. The molecule has 128 valence electrons. The fraction of sp³-hybridized carbons (Fsp3) is 0.500. The van der Waals surface area contributed by atoms with E-state index in [9.17, 15) is 9.90 Å². The van der Waals surface area contributed by atoms with Gasteiger partial charge in [0.25, 0.3) is 5.91 Å².